The lowest BCUT2D eigenvalue weighted by Gasteiger charge is -2.62. The van der Waals surface area contributed by atoms with E-state index in [9.17, 15) is 4.39 Å². The van der Waals surface area contributed by atoms with Gasteiger partial charge in [-0.15, -0.1) is 0 Å². The zero-order valence-electron chi connectivity index (χ0n) is 32.2. The number of aromatic nitrogens is 2. The third kappa shape index (κ3) is 5.17. The van der Waals surface area contributed by atoms with Crippen molar-refractivity contribution in [2.45, 2.75) is 37.5 Å². The third-order valence-corrected chi connectivity index (χ3v) is 14.0. The largest absolute Gasteiger partial charge is 0.457 e. The average molecular weight is 759 g/mol. The quantitative estimate of drug-likeness (QED) is 0.162. The van der Waals surface area contributed by atoms with Gasteiger partial charge in [-0.05, 0) is 146 Å². The molecule has 58 heavy (non-hydrogen) atoms. The van der Waals surface area contributed by atoms with Crippen molar-refractivity contribution in [2.75, 3.05) is 16.5 Å². The van der Waals surface area contributed by atoms with E-state index >= 15 is 0 Å². The van der Waals surface area contributed by atoms with Crippen LogP contribution in [0.2, 0.25) is 0 Å². The summed E-state index contributed by atoms with van der Waals surface area (Å²) >= 11 is 0. The van der Waals surface area contributed by atoms with E-state index in [1.807, 2.05) is 30.3 Å². The summed E-state index contributed by atoms with van der Waals surface area (Å²) in [5.74, 6) is 5.27. The molecule has 0 spiro atoms. The molecule has 0 radical (unpaired) electrons. The fourth-order valence-electron chi connectivity index (χ4n) is 11.9. The Balaban J connectivity index is 0.925. The van der Waals surface area contributed by atoms with E-state index in [1.165, 1.54) is 66.1 Å². The molecule has 8 aromatic rings. The maximum atomic E-state index is 13.8. The van der Waals surface area contributed by atoms with Gasteiger partial charge in [0.25, 0.3) is 0 Å². The number of ether oxygens (including phenoxy) is 1. The molecular weight excluding hydrogens is 716 g/mol. The lowest BCUT2D eigenvalue weighted by atomic mass is 9.42. The van der Waals surface area contributed by atoms with Gasteiger partial charge in [0.1, 0.15) is 29.8 Å². The molecule has 5 nitrogen and oxygen atoms in total. The van der Waals surface area contributed by atoms with Crippen LogP contribution in [0.5, 0.6) is 11.5 Å². The van der Waals surface area contributed by atoms with Crippen LogP contribution in [0.1, 0.15) is 43.2 Å². The van der Waals surface area contributed by atoms with Crippen LogP contribution < -0.4 is 14.5 Å². The van der Waals surface area contributed by atoms with E-state index in [4.69, 9.17) is 9.72 Å². The maximum absolute atomic E-state index is 13.8. The van der Waals surface area contributed by atoms with Crippen LogP contribution in [0, 0.1) is 29.5 Å². The molecule has 4 bridgehead atoms. The number of pyridine rings is 1. The minimum absolute atomic E-state index is 0.00365. The lowest BCUT2D eigenvalue weighted by Crippen LogP contribution is -2.56. The molecule has 4 aliphatic carbocycles. The molecule has 6 aromatic carbocycles. The van der Waals surface area contributed by atoms with Crippen LogP contribution in [0.4, 0.5) is 27.1 Å². The molecule has 0 unspecified atom stereocenters. The van der Waals surface area contributed by atoms with Crippen LogP contribution in [0.25, 0.3) is 27.6 Å². The summed E-state index contributed by atoms with van der Waals surface area (Å²) in [5.41, 5.74) is 9.22. The van der Waals surface area contributed by atoms with Gasteiger partial charge in [-0.3, -0.25) is 4.57 Å². The number of hydrogen-bond acceptors (Lipinski definition) is 4. The molecule has 0 saturated heterocycles. The zero-order chi connectivity index (χ0) is 38.4. The van der Waals surface area contributed by atoms with Gasteiger partial charge in [0, 0.05) is 45.9 Å². The van der Waals surface area contributed by atoms with Crippen molar-refractivity contribution >= 4 is 44.6 Å². The van der Waals surface area contributed by atoms with Crippen molar-refractivity contribution in [2.24, 2.45) is 23.7 Å². The van der Waals surface area contributed by atoms with Crippen LogP contribution in [0.3, 0.4) is 0 Å². The Kier molecular flexibility index (Phi) is 7.60. The first-order valence-corrected chi connectivity index (χ1v) is 20.8. The Hall–Kier alpha value is -6.40. The van der Waals surface area contributed by atoms with Crippen molar-refractivity contribution in [1.29, 1.82) is 0 Å². The average Bonchev–Trinajstić information content (AvgIpc) is 3.81. The molecule has 4 saturated carbocycles. The Morgan fingerprint density at radius 3 is 1.98 bits per heavy atom. The Morgan fingerprint density at radius 2 is 1.21 bits per heavy atom. The highest BCUT2D eigenvalue weighted by Gasteiger charge is 2.58. The standard InChI is InChI=1S/C52H43FN4O/c53-40-17-19-41(20-18-40)55-33-56(49-16-7-6-15-48(49)55)42-11-8-12-43(31-42)58-44-21-22-46-45-13-4-5-14-47(45)57(50(46)32-44)51-30-37(23-24-54-51)52(36-9-2-1-3-10-36)38-26-34-25-35(28-38)29-39(52)27-34/h1-24,30-32,34-35,38-39H,25-29,33H2. The first-order chi connectivity index (χ1) is 28.6. The maximum Gasteiger partial charge on any atom is 0.137 e. The second kappa shape index (κ2) is 13.1. The van der Waals surface area contributed by atoms with Gasteiger partial charge >= 0.3 is 0 Å². The molecule has 0 atom stereocenters. The predicted octanol–water partition coefficient (Wildman–Crippen LogP) is 13.1. The van der Waals surface area contributed by atoms with E-state index in [-0.39, 0.29) is 11.2 Å². The van der Waals surface area contributed by atoms with Crippen molar-refractivity contribution in [3.8, 4) is 17.3 Å². The van der Waals surface area contributed by atoms with Gasteiger partial charge < -0.3 is 14.5 Å². The second-order valence-electron chi connectivity index (χ2n) is 17.0. The van der Waals surface area contributed by atoms with Crippen molar-refractivity contribution in [3.63, 3.8) is 0 Å². The molecule has 6 heteroatoms. The van der Waals surface area contributed by atoms with Gasteiger partial charge in [0.05, 0.1) is 22.4 Å². The van der Waals surface area contributed by atoms with Crippen molar-refractivity contribution in [3.05, 3.63) is 181 Å². The normalized spacial score (nSPS) is 23.2. The van der Waals surface area contributed by atoms with Crippen LogP contribution in [-0.4, -0.2) is 16.2 Å². The first-order valence-electron chi connectivity index (χ1n) is 20.8. The fraction of sp³-hybridized carbons (Fsp3) is 0.212. The smallest absolute Gasteiger partial charge is 0.137 e. The number of hydrogen-bond donors (Lipinski definition) is 0. The Morgan fingerprint density at radius 1 is 0.534 bits per heavy atom. The number of anilines is 4. The molecular formula is C52H43FN4O. The molecule has 2 aromatic heterocycles. The summed E-state index contributed by atoms with van der Waals surface area (Å²) in [6, 6.07) is 54.6. The number of para-hydroxylation sites is 3. The van der Waals surface area contributed by atoms with E-state index in [0.29, 0.717) is 18.5 Å². The molecule has 4 fully saturated rings. The summed E-state index contributed by atoms with van der Waals surface area (Å²) < 4.78 is 22.9. The van der Waals surface area contributed by atoms with Gasteiger partial charge in [0.2, 0.25) is 0 Å². The zero-order valence-corrected chi connectivity index (χ0v) is 32.2. The minimum atomic E-state index is -0.240. The van der Waals surface area contributed by atoms with E-state index < -0.39 is 0 Å². The minimum Gasteiger partial charge on any atom is -0.457 e. The fourth-order valence-corrected chi connectivity index (χ4v) is 11.9. The van der Waals surface area contributed by atoms with E-state index in [1.54, 1.807) is 0 Å². The highest BCUT2D eigenvalue weighted by Crippen LogP contribution is 2.65. The molecule has 13 rings (SSSR count). The number of halogens is 1. The number of benzene rings is 6. The molecule has 5 aliphatic rings. The van der Waals surface area contributed by atoms with Crippen LogP contribution in [0.15, 0.2) is 164 Å². The van der Waals surface area contributed by atoms with Gasteiger partial charge in [-0.2, -0.15) is 0 Å². The highest BCUT2D eigenvalue weighted by molar-refractivity contribution is 6.09. The number of nitrogens with zero attached hydrogens (tertiary/aromatic N) is 4. The van der Waals surface area contributed by atoms with Crippen molar-refractivity contribution < 1.29 is 9.13 Å². The van der Waals surface area contributed by atoms with Crippen LogP contribution in [-0.2, 0) is 5.41 Å². The van der Waals surface area contributed by atoms with Gasteiger partial charge in [0.15, 0.2) is 0 Å². The lowest BCUT2D eigenvalue weighted by molar-refractivity contribution is -0.0418. The van der Waals surface area contributed by atoms with Crippen molar-refractivity contribution in [1.82, 2.24) is 9.55 Å². The third-order valence-electron chi connectivity index (χ3n) is 14.0. The molecule has 0 N–H and O–H groups in total. The SMILES string of the molecule is Fc1ccc(N2CN(c3cccc(Oc4ccc5c6ccccc6n(-c6cc(C7(c8ccccc8)C8CC9CC(C8)CC7C9)ccn6)c5c4)c3)c3ccccc32)cc1. The number of fused-ring (bicyclic) bond motifs is 4. The summed E-state index contributed by atoms with van der Waals surface area (Å²) in [4.78, 5) is 9.62. The topological polar surface area (TPSA) is 33.5 Å². The number of rotatable bonds is 7. The highest BCUT2D eigenvalue weighted by atomic mass is 19.1. The van der Waals surface area contributed by atoms with Gasteiger partial charge in [-0.1, -0.05) is 66.7 Å². The monoisotopic (exact) mass is 758 g/mol. The van der Waals surface area contributed by atoms with Crippen LogP contribution >= 0.6 is 0 Å². The molecule has 3 heterocycles. The molecule has 0 amide bonds. The first kappa shape index (κ1) is 33.7. The Bertz CT molecular complexity index is 2820. The summed E-state index contributed by atoms with van der Waals surface area (Å²) in [6.07, 6.45) is 8.79. The summed E-state index contributed by atoms with van der Waals surface area (Å²) in [5, 5.41) is 2.37. The van der Waals surface area contributed by atoms with Gasteiger partial charge in [-0.25, -0.2) is 9.37 Å². The van der Waals surface area contributed by atoms with E-state index in [2.05, 4.69) is 136 Å². The summed E-state index contributed by atoms with van der Waals surface area (Å²) in [6.45, 7) is 0.598. The molecule has 284 valence electrons. The summed E-state index contributed by atoms with van der Waals surface area (Å²) in [7, 11) is 0. The predicted molar refractivity (Wildman–Crippen MR) is 231 cm³/mol. The second-order valence-corrected chi connectivity index (χ2v) is 17.0. The Labute approximate surface area is 338 Å². The molecule has 1 aliphatic heterocycles. The van der Waals surface area contributed by atoms with E-state index in [0.717, 1.165) is 62.9 Å².